The molecular weight excluding hydrogens is 354 g/mol. The van der Waals surface area contributed by atoms with Crippen LogP contribution < -0.4 is 25.6 Å². The molecule has 0 spiro atoms. The average molecular weight is 376 g/mol. The van der Waals surface area contributed by atoms with Crippen LogP contribution in [-0.4, -0.2) is 26.2 Å². The smallest absolute Gasteiger partial charge is 0.238 e. The van der Waals surface area contributed by atoms with Crippen LogP contribution in [0.3, 0.4) is 0 Å². The topological polar surface area (TPSA) is 71.6 Å². The van der Waals surface area contributed by atoms with Crippen molar-refractivity contribution < 1.29 is 14.3 Å². The van der Waals surface area contributed by atoms with Crippen molar-refractivity contribution in [2.75, 3.05) is 14.2 Å². The molecule has 1 amide bonds. The predicted octanol–water partition coefficient (Wildman–Crippen LogP) is 2.58. The van der Waals surface area contributed by atoms with E-state index in [1.807, 2.05) is 42.5 Å². The van der Waals surface area contributed by atoms with Crippen LogP contribution in [0.4, 0.5) is 0 Å². The van der Waals surface area contributed by atoms with Crippen molar-refractivity contribution in [3.05, 3.63) is 58.6 Å². The summed E-state index contributed by atoms with van der Waals surface area (Å²) in [5.41, 5.74) is 8.20. The van der Waals surface area contributed by atoms with E-state index >= 15 is 0 Å². The van der Waals surface area contributed by atoms with Crippen molar-refractivity contribution in [3.8, 4) is 11.5 Å². The third-order valence-corrected chi connectivity index (χ3v) is 4.62. The van der Waals surface area contributed by atoms with Gasteiger partial charge in [-0.25, -0.2) is 10.9 Å². The van der Waals surface area contributed by atoms with Gasteiger partial charge in [-0.2, -0.15) is 0 Å². The van der Waals surface area contributed by atoms with E-state index in [-0.39, 0.29) is 18.0 Å². The average Bonchev–Trinajstić information content (AvgIpc) is 3.16. The predicted molar refractivity (Wildman–Crippen MR) is 100 cm³/mol. The van der Waals surface area contributed by atoms with E-state index in [1.54, 1.807) is 14.2 Å². The molecule has 138 valence electrons. The van der Waals surface area contributed by atoms with Gasteiger partial charge in [0.15, 0.2) is 11.5 Å². The number of amides is 1. The first kappa shape index (κ1) is 18.5. The normalized spacial score (nSPS) is 19.2. The van der Waals surface area contributed by atoms with Crippen molar-refractivity contribution in [2.45, 2.75) is 25.0 Å². The SMILES string of the molecule is COc1ccc(CNC(=O)C2CC(c3cccc(Cl)c3)NN2)cc1OC. The van der Waals surface area contributed by atoms with E-state index in [0.29, 0.717) is 29.5 Å². The number of methoxy groups -OCH3 is 2. The summed E-state index contributed by atoms with van der Waals surface area (Å²) in [6.45, 7) is 0.416. The van der Waals surface area contributed by atoms with Crippen molar-refractivity contribution >= 4 is 17.5 Å². The summed E-state index contributed by atoms with van der Waals surface area (Å²) in [4.78, 5) is 12.4. The Morgan fingerprint density at radius 2 is 1.96 bits per heavy atom. The lowest BCUT2D eigenvalue weighted by Crippen LogP contribution is -2.42. The molecule has 3 rings (SSSR count). The maximum absolute atomic E-state index is 12.4. The highest BCUT2D eigenvalue weighted by Gasteiger charge is 2.30. The van der Waals surface area contributed by atoms with Gasteiger partial charge in [-0.15, -0.1) is 0 Å². The molecule has 0 saturated carbocycles. The molecule has 1 saturated heterocycles. The maximum atomic E-state index is 12.4. The number of ether oxygens (including phenoxy) is 2. The fourth-order valence-corrected chi connectivity index (χ4v) is 3.17. The number of carbonyl (C=O) groups excluding carboxylic acids is 1. The van der Waals surface area contributed by atoms with Gasteiger partial charge in [-0.3, -0.25) is 4.79 Å². The first-order chi connectivity index (χ1) is 12.6. The van der Waals surface area contributed by atoms with E-state index in [2.05, 4.69) is 16.2 Å². The lowest BCUT2D eigenvalue weighted by atomic mass is 10.0. The van der Waals surface area contributed by atoms with Crippen LogP contribution in [0.25, 0.3) is 0 Å². The molecular formula is C19H22ClN3O3. The van der Waals surface area contributed by atoms with Gasteiger partial charge in [0.05, 0.1) is 14.2 Å². The minimum atomic E-state index is -0.306. The van der Waals surface area contributed by atoms with Crippen molar-refractivity contribution in [2.24, 2.45) is 0 Å². The van der Waals surface area contributed by atoms with Gasteiger partial charge in [0.25, 0.3) is 0 Å². The fourth-order valence-electron chi connectivity index (χ4n) is 2.97. The quantitative estimate of drug-likeness (QED) is 0.724. The number of rotatable bonds is 6. The monoisotopic (exact) mass is 375 g/mol. The molecule has 0 bridgehead atoms. The van der Waals surface area contributed by atoms with Gasteiger partial charge in [0, 0.05) is 17.6 Å². The Morgan fingerprint density at radius 1 is 1.15 bits per heavy atom. The van der Waals surface area contributed by atoms with Crippen molar-refractivity contribution in [1.29, 1.82) is 0 Å². The van der Waals surface area contributed by atoms with Gasteiger partial charge in [0.2, 0.25) is 5.91 Å². The fraction of sp³-hybridized carbons (Fsp3) is 0.316. The molecule has 1 aliphatic rings. The van der Waals surface area contributed by atoms with E-state index in [1.165, 1.54) is 0 Å². The van der Waals surface area contributed by atoms with Crippen LogP contribution in [-0.2, 0) is 11.3 Å². The highest BCUT2D eigenvalue weighted by molar-refractivity contribution is 6.30. The number of hydrogen-bond donors (Lipinski definition) is 3. The lowest BCUT2D eigenvalue weighted by Gasteiger charge is -2.13. The molecule has 1 fully saturated rings. The number of hydrazine groups is 1. The van der Waals surface area contributed by atoms with Gasteiger partial charge < -0.3 is 14.8 Å². The zero-order valence-corrected chi connectivity index (χ0v) is 15.5. The minimum absolute atomic E-state index is 0.0468. The molecule has 2 aromatic carbocycles. The first-order valence-electron chi connectivity index (χ1n) is 8.36. The molecule has 0 aromatic heterocycles. The van der Waals surface area contributed by atoms with Gasteiger partial charge >= 0.3 is 0 Å². The second-order valence-electron chi connectivity index (χ2n) is 6.09. The zero-order valence-electron chi connectivity index (χ0n) is 14.7. The summed E-state index contributed by atoms with van der Waals surface area (Å²) >= 11 is 6.04. The summed E-state index contributed by atoms with van der Waals surface area (Å²) in [6.07, 6.45) is 0.651. The van der Waals surface area contributed by atoms with Crippen LogP contribution in [0.2, 0.25) is 5.02 Å². The molecule has 2 aromatic rings. The Bertz CT molecular complexity index is 784. The van der Waals surface area contributed by atoms with Crippen LogP contribution in [0.5, 0.6) is 11.5 Å². The number of carbonyl (C=O) groups is 1. The second-order valence-corrected chi connectivity index (χ2v) is 6.53. The summed E-state index contributed by atoms with van der Waals surface area (Å²) in [7, 11) is 3.18. The largest absolute Gasteiger partial charge is 0.493 e. The Hall–Kier alpha value is -2.28. The van der Waals surface area contributed by atoms with Crippen LogP contribution in [0.15, 0.2) is 42.5 Å². The summed E-state index contributed by atoms with van der Waals surface area (Å²) in [5, 5.41) is 3.63. The third kappa shape index (κ3) is 4.27. The molecule has 1 heterocycles. The first-order valence-corrected chi connectivity index (χ1v) is 8.73. The molecule has 3 N–H and O–H groups in total. The minimum Gasteiger partial charge on any atom is -0.493 e. The van der Waals surface area contributed by atoms with Crippen LogP contribution in [0.1, 0.15) is 23.6 Å². The highest BCUT2D eigenvalue weighted by Crippen LogP contribution is 2.28. The van der Waals surface area contributed by atoms with Gasteiger partial charge in [-0.05, 0) is 41.8 Å². The highest BCUT2D eigenvalue weighted by atomic mass is 35.5. The Labute approximate surface area is 157 Å². The standard InChI is InChI=1S/C19H22ClN3O3/c1-25-17-7-6-12(8-18(17)26-2)11-21-19(24)16-10-15(22-23-16)13-4-3-5-14(20)9-13/h3-9,15-16,22-23H,10-11H2,1-2H3,(H,21,24). The molecule has 2 atom stereocenters. The van der Waals surface area contributed by atoms with E-state index < -0.39 is 0 Å². The molecule has 0 radical (unpaired) electrons. The Kier molecular flexibility index (Phi) is 5.98. The summed E-state index contributed by atoms with van der Waals surface area (Å²) in [5.74, 6) is 1.24. The summed E-state index contributed by atoms with van der Waals surface area (Å²) < 4.78 is 10.5. The maximum Gasteiger partial charge on any atom is 0.238 e. The van der Waals surface area contributed by atoms with E-state index in [9.17, 15) is 4.79 Å². The van der Waals surface area contributed by atoms with Gasteiger partial charge in [-0.1, -0.05) is 29.8 Å². The lowest BCUT2D eigenvalue weighted by molar-refractivity contribution is -0.123. The van der Waals surface area contributed by atoms with E-state index in [0.717, 1.165) is 11.1 Å². The molecule has 1 aliphatic heterocycles. The number of nitrogens with one attached hydrogen (secondary N) is 3. The zero-order chi connectivity index (χ0) is 18.5. The Morgan fingerprint density at radius 3 is 2.69 bits per heavy atom. The van der Waals surface area contributed by atoms with Crippen LogP contribution in [0, 0.1) is 0 Å². The van der Waals surface area contributed by atoms with Gasteiger partial charge in [0.1, 0.15) is 6.04 Å². The second kappa shape index (κ2) is 8.40. The summed E-state index contributed by atoms with van der Waals surface area (Å²) in [6, 6.07) is 13.0. The molecule has 6 nitrogen and oxygen atoms in total. The number of hydrogen-bond acceptors (Lipinski definition) is 5. The van der Waals surface area contributed by atoms with Crippen molar-refractivity contribution in [3.63, 3.8) is 0 Å². The van der Waals surface area contributed by atoms with Crippen molar-refractivity contribution in [1.82, 2.24) is 16.2 Å². The molecule has 26 heavy (non-hydrogen) atoms. The number of benzene rings is 2. The third-order valence-electron chi connectivity index (χ3n) is 4.39. The van der Waals surface area contributed by atoms with Crippen LogP contribution >= 0.6 is 11.6 Å². The van der Waals surface area contributed by atoms with E-state index in [4.69, 9.17) is 21.1 Å². The Balaban J connectivity index is 1.56. The molecule has 7 heteroatoms. The number of halogens is 1. The molecule has 2 unspecified atom stereocenters. The molecule has 0 aliphatic carbocycles.